The van der Waals surface area contributed by atoms with Crippen molar-refractivity contribution in [3.8, 4) is 0 Å². The summed E-state index contributed by atoms with van der Waals surface area (Å²) in [6.45, 7) is 7.67. The molecule has 1 aliphatic rings. The van der Waals surface area contributed by atoms with Crippen LogP contribution in [0.25, 0.3) is 5.70 Å². The maximum Gasteiger partial charge on any atom is 0.172 e. The Hall–Kier alpha value is -2.31. The summed E-state index contributed by atoms with van der Waals surface area (Å²) in [6.07, 6.45) is 0.585. The van der Waals surface area contributed by atoms with Crippen molar-refractivity contribution in [2.45, 2.75) is 10.8 Å². The maximum absolute atomic E-state index is 14.4. The van der Waals surface area contributed by atoms with Crippen molar-refractivity contribution in [1.82, 2.24) is 0 Å². The third-order valence-corrected chi connectivity index (χ3v) is 5.31. The van der Waals surface area contributed by atoms with Gasteiger partial charge >= 0.3 is 0 Å². The van der Waals surface area contributed by atoms with E-state index < -0.39 is 21.8 Å². The van der Waals surface area contributed by atoms with Crippen molar-refractivity contribution in [3.05, 3.63) is 72.2 Å². The number of benzene rings is 2. The summed E-state index contributed by atoms with van der Waals surface area (Å²) >= 11 is 12.1. The van der Waals surface area contributed by atoms with E-state index in [4.69, 9.17) is 23.2 Å². The average molecular weight is 428 g/mol. The molecule has 1 fully saturated rings. The second-order valence-corrected chi connectivity index (χ2v) is 8.04. The van der Waals surface area contributed by atoms with Gasteiger partial charge < -0.3 is 16.0 Å². The Morgan fingerprint density at radius 2 is 1.71 bits per heavy atom. The number of hydrogen-bond donors (Lipinski definition) is 3. The van der Waals surface area contributed by atoms with Crippen molar-refractivity contribution in [3.63, 3.8) is 0 Å². The molecule has 8 heteroatoms. The summed E-state index contributed by atoms with van der Waals surface area (Å²) < 4.78 is 41.5. The van der Waals surface area contributed by atoms with E-state index in [9.17, 15) is 13.2 Å². The Balaban J connectivity index is 1.80. The molecule has 148 valence electrons. The zero-order valence-corrected chi connectivity index (χ0v) is 16.5. The van der Waals surface area contributed by atoms with E-state index in [0.717, 1.165) is 6.07 Å². The van der Waals surface area contributed by atoms with Gasteiger partial charge in [0.1, 0.15) is 21.7 Å². The van der Waals surface area contributed by atoms with E-state index in [1.54, 1.807) is 0 Å². The minimum absolute atomic E-state index is 0.0371. The van der Waals surface area contributed by atoms with E-state index in [0.29, 0.717) is 17.8 Å². The lowest BCUT2D eigenvalue weighted by Gasteiger charge is -2.16. The van der Waals surface area contributed by atoms with Gasteiger partial charge in [0.25, 0.3) is 0 Å². The van der Waals surface area contributed by atoms with Gasteiger partial charge in [0, 0.05) is 35.6 Å². The molecule has 2 aromatic rings. The summed E-state index contributed by atoms with van der Waals surface area (Å²) in [5, 5.41) is 8.19. The highest BCUT2D eigenvalue weighted by atomic mass is 35.5. The lowest BCUT2D eigenvalue weighted by molar-refractivity contribution is 0.592. The first-order valence-electron chi connectivity index (χ1n) is 8.39. The Labute approximate surface area is 171 Å². The summed E-state index contributed by atoms with van der Waals surface area (Å²) in [6, 6.07) is 6.60. The monoisotopic (exact) mass is 427 g/mol. The molecule has 0 bridgehead atoms. The minimum Gasteiger partial charge on any atom is -0.383 e. The molecular weight excluding hydrogens is 410 g/mol. The van der Waals surface area contributed by atoms with Crippen molar-refractivity contribution in [2.75, 3.05) is 23.0 Å². The molecule has 1 unspecified atom stereocenters. The van der Waals surface area contributed by atoms with E-state index >= 15 is 0 Å². The standard InChI is InChI=1S/C20H18Cl2F3N3/c1-10(28-17-7-6-16(24)19(26-3)18(17)25)13-8-12(4-5-15(13)23)27-11(2)14-9-20(14,21)22/h4-8,14,26-28H,1-2,9H2,3H3. The van der Waals surface area contributed by atoms with Crippen LogP contribution in [0.5, 0.6) is 0 Å². The maximum atomic E-state index is 14.4. The van der Waals surface area contributed by atoms with Crippen LogP contribution in [0.15, 0.2) is 49.2 Å². The van der Waals surface area contributed by atoms with Crippen LogP contribution in [0.4, 0.5) is 30.2 Å². The molecule has 1 aliphatic carbocycles. The quantitative estimate of drug-likeness (QED) is 0.450. The van der Waals surface area contributed by atoms with Crippen LogP contribution >= 0.6 is 23.2 Å². The molecule has 0 aliphatic heterocycles. The van der Waals surface area contributed by atoms with Crippen LogP contribution in [-0.2, 0) is 0 Å². The van der Waals surface area contributed by atoms with E-state index in [1.807, 2.05) is 0 Å². The van der Waals surface area contributed by atoms with Gasteiger partial charge in [-0.05, 0) is 36.8 Å². The highest BCUT2D eigenvalue weighted by molar-refractivity contribution is 6.51. The second kappa shape index (κ2) is 7.60. The number of allylic oxidation sites excluding steroid dienone is 1. The largest absolute Gasteiger partial charge is 0.383 e. The number of rotatable bonds is 7. The first-order valence-corrected chi connectivity index (χ1v) is 9.15. The van der Waals surface area contributed by atoms with Crippen LogP contribution in [0.3, 0.4) is 0 Å². The van der Waals surface area contributed by atoms with Gasteiger partial charge in [-0.1, -0.05) is 13.2 Å². The molecule has 3 rings (SSSR count). The summed E-state index contributed by atoms with van der Waals surface area (Å²) in [7, 11) is 1.40. The van der Waals surface area contributed by atoms with Crippen molar-refractivity contribution >= 4 is 46.0 Å². The first kappa shape index (κ1) is 20.4. The number of halogens is 5. The van der Waals surface area contributed by atoms with Gasteiger partial charge in [-0.25, -0.2) is 13.2 Å². The number of alkyl halides is 2. The van der Waals surface area contributed by atoms with E-state index in [-0.39, 0.29) is 28.6 Å². The van der Waals surface area contributed by atoms with Crippen LogP contribution in [0, 0.1) is 23.4 Å². The van der Waals surface area contributed by atoms with Crippen LogP contribution < -0.4 is 16.0 Å². The van der Waals surface area contributed by atoms with Crippen molar-refractivity contribution in [1.29, 1.82) is 0 Å². The Kier molecular flexibility index (Phi) is 5.55. The fourth-order valence-corrected chi connectivity index (χ4v) is 3.38. The number of hydrogen-bond acceptors (Lipinski definition) is 3. The number of anilines is 3. The Morgan fingerprint density at radius 3 is 2.32 bits per heavy atom. The molecule has 0 heterocycles. The first-order chi connectivity index (χ1) is 13.1. The minimum atomic E-state index is -0.832. The van der Waals surface area contributed by atoms with Crippen LogP contribution in [0.2, 0.25) is 0 Å². The molecule has 0 amide bonds. The molecule has 3 N–H and O–H groups in total. The molecule has 0 radical (unpaired) electrons. The zero-order valence-electron chi connectivity index (χ0n) is 15.0. The predicted molar refractivity (Wildman–Crippen MR) is 110 cm³/mol. The molecule has 1 saturated carbocycles. The zero-order chi connectivity index (χ0) is 20.6. The van der Waals surface area contributed by atoms with E-state index in [1.165, 1.54) is 31.3 Å². The third-order valence-electron chi connectivity index (χ3n) is 4.47. The SMILES string of the molecule is C=C(Nc1ccc(F)c(NC)c1F)c1cc(NC(=C)C2CC2(Cl)Cl)ccc1F. The fourth-order valence-electron chi connectivity index (χ4n) is 2.81. The Bertz CT molecular complexity index is 960. The number of nitrogens with one attached hydrogen (secondary N) is 3. The van der Waals surface area contributed by atoms with Gasteiger partial charge in [-0.2, -0.15) is 0 Å². The van der Waals surface area contributed by atoms with Gasteiger partial charge in [0.15, 0.2) is 5.82 Å². The molecule has 1 atom stereocenters. The molecular formula is C20H18Cl2F3N3. The molecule has 0 aromatic heterocycles. The van der Waals surface area contributed by atoms with Gasteiger partial charge in [0.05, 0.1) is 5.69 Å². The third kappa shape index (κ3) is 4.08. The highest BCUT2D eigenvalue weighted by Gasteiger charge is 2.53. The fraction of sp³-hybridized carbons (Fsp3) is 0.200. The summed E-state index contributed by atoms with van der Waals surface area (Å²) in [5.41, 5.74) is 1.06. The summed E-state index contributed by atoms with van der Waals surface area (Å²) in [4.78, 5) is 0. The average Bonchev–Trinajstić information content (AvgIpc) is 3.28. The van der Waals surface area contributed by atoms with Crippen molar-refractivity contribution < 1.29 is 13.2 Å². The highest BCUT2D eigenvalue weighted by Crippen LogP contribution is 2.56. The second-order valence-electron chi connectivity index (χ2n) is 6.50. The molecule has 0 saturated heterocycles. The van der Waals surface area contributed by atoms with Gasteiger partial charge in [0.2, 0.25) is 0 Å². The predicted octanol–water partition coefficient (Wildman–Crippen LogP) is 6.35. The van der Waals surface area contributed by atoms with E-state index in [2.05, 4.69) is 29.1 Å². The summed E-state index contributed by atoms with van der Waals surface area (Å²) in [5.74, 6) is -2.22. The topological polar surface area (TPSA) is 36.1 Å². The van der Waals surface area contributed by atoms with Crippen LogP contribution in [-0.4, -0.2) is 11.4 Å². The van der Waals surface area contributed by atoms with Gasteiger partial charge in [-0.15, -0.1) is 23.2 Å². The normalized spacial score (nSPS) is 17.0. The van der Waals surface area contributed by atoms with Gasteiger partial charge in [-0.3, -0.25) is 0 Å². The molecule has 28 heavy (non-hydrogen) atoms. The lowest BCUT2D eigenvalue weighted by Crippen LogP contribution is -2.07. The molecule has 2 aromatic carbocycles. The lowest BCUT2D eigenvalue weighted by atomic mass is 10.1. The Morgan fingerprint density at radius 1 is 1.07 bits per heavy atom. The molecule has 0 spiro atoms. The van der Waals surface area contributed by atoms with Crippen molar-refractivity contribution in [2.24, 2.45) is 5.92 Å². The van der Waals surface area contributed by atoms with Crippen LogP contribution in [0.1, 0.15) is 12.0 Å². The smallest absolute Gasteiger partial charge is 0.172 e. The molecule has 3 nitrogen and oxygen atoms in total.